The average molecular weight is 238 g/mol. The van der Waals surface area contributed by atoms with Gasteiger partial charge >= 0.3 is 6.03 Å². The molecule has 17 heavy (non-hydrogen) atoms. The Morgan fingerprint density at radius 3 is 2.88 bits per heavy atom. The number of likely N-dealkylation sites (tertiary alicyclic amines) is 1. The summed E-state index contributed by atoms with van der Waals surface area (Å²) in [7, 11) is 0. The average Bonchev–Trinajstić information content (AvgIpc) is 2.73. The summed E-state index contributed by atoms with van der Waals surface area (Å²) in [6, 6.07) is 0.0737. The number of hydrogen-bond donors (Lipinski definition) is 2. The van der Waals surface area contributed by atoms with Gasteiger partial charge in [-0.05, 0) is 19.8 Å². The van der Waals surface area contributed by atoms with E-state index in [1.165, 1.54) is 0 Å². The number of piperidine rings is 1. The first-order chi connectivity index (χ1) is 8.15. The molecule has 0 radical (unpaired) electrons. The number of nitrogens with one attached hydrogen (secondary N) is 1. The number of carbonyl (C=O) groups excluding carboxylic acids is 1. The largest absolute Gasteiger partial charge is 0.445 e. The Hall–Kier alpha value is -1.56. The van der Waals surface area contributed by atoms with E-state index in [9.17, 15) is 4.79 Å². The van der Waals surface area contributed by atoms with Crippen LogP contribution >= 0.6 is 0 Å². The van der Waals surface area contributed by atoms with Crippen molar-refractivity contribution in [3.63, 3.8) is 0 Å². The van der Waals surface area contributed by atoms with Crippen LogP contribution in [-0.2, 0) is 6.54 Å². The van der Waals surface area contributed by atoms with Crippen molar-refractivity contribution in [2.75, 3.05) is 13.1 Å². The molecule has 2 rings (SSSR count). The van der Waals surface area contributed by atoms with Crippen molar-refractivity contribution in [3.05, 3.63) is 17.8 Å². The van der Waals surface area contributed by atoms with E-state index in [4.69, 9.17) is 10.2 Å². The molecule has 94 valence electrons. The summed E-state index contributed by atoms with van der Waals surface area (Å²) in [5.41, 5.74) is 5.22. The number of amides is 2. The highest BCUT2D eigenvalue weighted by atomic mass is 16.4. The van der Waals surface area contributed by atoms with Crippen molar-refractivity contribution >= 4 is 6.03 Å². The van der Waals surface area contributed by atoms with Crippen LogP contribution < -0.4 is 11.1 Å². The number of nitrogens with zero attached hydrogens (tertiary/aromatic N) is 2. The standard InChI is InChI=1S/C11H18N4O2/c1-8-6-14-10(17-8)7-13-9-2-4-15(5-3-9)11(12)16/h6,9,13H,2-5,7H2,1H3,(H2,12,16). The number of urea groups is 1. The topological polar surface area (TPSA) is 84.4 Å². The van der Waals surface area contributed by atoms with Crippen LogP contribution in [0.1, 0.15) is 24.5 Å². The molecule has 3 N–H and O–H groups in total. The zero-order valence-corrected chi connectivity index (χ0v) is 9.98. The molecule has 1 aromatic heterocycles. The lowest BCUT2D eigenvalue weighted by molar-refractivity contribution is 0.184. The van der Waals surface area contributed by atoms with E-state index in [1.807, 2.05) is 6.92 Å². The summed E-state index contributed by atoms with van der Waals surface area (Å²) in [5, 5.41) is 3.38. The molecule has 2 amide bonds. The van der Waals surface area contributed by atoms with E-state index in [0.717, 1.165) is 31.7 Å². The first-order valence-corrected chi connectivity index (χ1v) is 5.84. The Labute approximate surface area is 100 Å². The Bertz CT molecular complexity index is 383. The third-order valence-electron chi connectivity index (χ3n) is 3.02. The third-order valence-corrected chi connectivity index (χ3v) is 3.02. The van der Waals surface area contributed by atoms with Crippen molar-refractivity contribution in [2.45, 2.75) is 32.4 Å². The molecule has 6 heteroatoms. The van der Waals surface area contributed by atoms with Gasteiger partial charge in [0.2, 0.25) is 5.89 Å². The highest BCUT2D eigenvalue weighted by Gasteiger charge is 2.20. The van der Waals surface area contributed by atoms with Crippen molar-refractivity contribution in [3.8, 4) is 0 Å². The molecule has 2 heterocycles. The first kappa shape index (κ1) is 11.9. The zero-order valence-electron chi connectivity index (χ0n) is 9.98. The van der Waals surface area contributed by atoms with E-state index >= 15 is 0 Å². The molecule has 1 aromatic rings. The fourth-order valence-corrected chi connectivity index (χ4v) is 2.02. The summed E-state index contributed by atoms with van der Waals surface area (Å²) < 4.78 is 5.38. The van der Waals surface area contributed by atoms with Gasteiger partial charge < -0.3 is 20.4 Å². The van der Waals surface area contributed by atoms with Crippen molar-refractivity contribution in [1.82, 2.24) is 15.2 Å². The first-order valence-electron chi connectivity index (χ1n) is 5.84. The number of rotatable bonds is 3. The van der Waals surface area contributed by atoms with Crippen LogP contribution in [0.4, 0.5) is 4.79 Å². The Kier molecular flexibility index (Phi) is 3.63. The molecule has 0 aromatic carbocycles. The summed E-state index contributed by atoms with van der Waals surface area (Å²) in [4.78, 5) is 16.7. The smallest absolute Gasteiger partial charge is 0.314 e. The number of nitrogens with two attached hydrogens (primary N) is 1. The van der Waals surface area contributed by atoms with Crippen LogP contribution in [0.2, 0.25) is 0 Å². The zero-order chi connectivity index (χ0) is 12.3. The van der Waals surface area contributed by atoms with Gasteiger partial charge in [0.05, 0.1) is 12.7 Å². The maximum atomic E-state index is 10.9. The highest BCUT2D eigenvalue weighted by Crippen LogP contribution is 2.11. The Balaban J connectivity index is 1.73. The predicted molar refractivity (Wildman–Crippen MR) is 62.3 cm³/mol. The molecule has 0 aliphatic carbocycles. The summed E-state index contributed by atoms with van der Waals surface area (Å²) in [6.07, 6.45) is 3.55. The van der Waals surface area contributed by atoms with Gasteiger partial charge in [-0.15, -0.1) is 0 Å². The summed E-state index contributed by atoms with van der Waals surface area (Å²) in [6.45, 7) is 3.95. The van der Waals surface area contributed by atoms with Crippen LogP contribution in [-0.4, -0.2) is 35.0 Å². The fraction of sp³-hybridized carbons (Fsp3) is 0.636. The van der Waals surface area contributed by atoms with Crippen molar-refractivity contribution < 1.29 is 9.21 Å². The van der Waals surface area contributed by atoms with Gasteiger partial charge in [-0.2, -0.15) is 0 Å². The molecule has 0 bridgehead atoms. The molecule has 0 atom stereocenters. The second-order valence-electron chi connectivity index (χ2n) is 4.35. The SMILES string of the molecule is Cc1cnc(CNC2CCN(C(N)=O)CC2)o1. The minimum Gasteiger partial charge on any atom is -0.445 e. The molecule has 1 aliphatic rings. The van der Waals surface area contributed by atoms with Gasteiger partial charge in [0.15, 0.2) is 0 Å². The summed E-state index contributed by atoms with van der Waals surface area (Å²) in [5.74, 6) is 1.53. The third kappa shape index (κ3) is 3.20. The highest BCUT2D eigenvalue weighted by molar-refractivity contribution is 5.72. The molecule has 1 fully saturated rings. The van der Waals surface area contributed by atoms with Gasteiger partial charge in [-0.25, -0.2) is 9.78 Å². The molecular formula is C11H18N4O2. The van der Waals surface area contributed by atoms with Crippen molar-refractivity contribution in [1.29, 1.82) is 0 Å². The number of aromatic nitrogens is 1. The quantitative estimate of drug-likeness (QED) is 0.808. The normalized spacial score (nSPS) is 17.4. The van der Waals surface area contributed by atoms with Crippen molar-refractivity contribution in [2.24, 2.45) is 5.73 Å². The molecule has 0 spiro atoms. The van der Waals surface area contributed by atoms with E-state index in [2.05, 4.69) is 10.3 Å². The lowest BCUT2D eigenvalue weighted by atomic mass is 10.1. The number of hydrogen-bond acceptors (Lipinski definition) is 4. The Morgan fingerprint density at radius 1 is 1.65 bits per heavy atom. The van der Waals surface area contributed by atoms with Gasteiger partial charge in [0, 0.05) is 19.1 Å². The monoisotopic (exact) mass is 238 g/mol. The fourth-order valence-electron chi connectivity index (χ4n) is 2.02. The van der Waals surface area contributed by atoms with Gasteiger partial charge in [0.25, 0.3) is 0 Å². The predicted octanol–water partition coefficient (Wildman–Crippen LogP) is 0.616. The molecular weight excluding hydrogens is 220 g/mol. The van der Waals surface area contributed by atoms with E-state index in [-0.39, 0.29) is 6.03 Å². The maximum Gasteiger partial charge on any atom is 0.314 e. The van der Waals surface area contributed by atoms with Gasteiger partial charge in [-0.1, -0.05) is 0 Å². The number of oxazole rings is 1. The second-order valence-corrected chi connectivity index (χ2v) is 4.35. The van der Waals surface area contributed by atoms with Crippen LogP contribution in [0.5, 0.6) is 0 Å². The summed E-state index contributed by atoms with van der Waals surface area (Å²) >= 11 is 0. The van der Waals surface area contributed by atoms with Gasteiger partial charge in [0.1, 0.15) is 5.76 Å². The number of primary amides is 1. The molecule has 6 nitrogen and oxygen atoms in total. The van der Waals surface area contributed by atoms with Crippen LogP contribution in [0.15, 0.2) is 10.6 Å². The van der Waals surface area contributed by atoms with E-state index in [0.29, 0.717) is 18.5 Å². The minimum atomic E-state index is -0.327. The lowest BCUT2D eigenvalue weighted by Gasteiger charge is -2.31. The van der Waals surface area contributed by atoms with Crippen LogP contribution in [0.25, 0.3) is 0 Å². The van der Waals surface area contributed by atoms with Crippen LogP contribution in [0.3, 0.4) is 0 Å². The second kappa shape index (κ2) is 5.18. The van der Waals surface area contributed by atoms with E-state index < -0.39 is 0 Å². The molecule has 0 unspecified atom stereocenters. The molecule has 0 saturated carbocycles. The van der Waals surface area contributed by atoms with Crippen LogP contribution in [0, 0.1) is 6.92 Å². The van der Waals surface area contributed by atoms with E-state index in [1.54, 1.807) is 11.1 Å². The minimum absolute atomic E-state index is 0.327. The Morgan fingerprint density at radius 2 is 2.35 bits per heavy atom. The number of aryl methyl sites for hydroxylation is 1. The lowest BCUT2D eigenvalue weighted by Crippen LogP contribution is -2.46. The number of carbonyl (C=O) groups is 1. The molecule has 1 aliphatic heterocycles. The maximum absolute atomic E-state index is 10.9. The molecule has 1 saturated heterocycles. The van der Waals surface area contributed by atoms with Gasteiger partial charge in [-0.3, -0.25) is 0 Å².